The molecule has 10 aromatic carbocycles. The third kappa shape index (κ3) is 13.1. The fraction of sp³-hybridized carbons (Fsp3) is 0.152. The van der Waals surface area contributed by atoms with Crippen LogP contribution in [0.3, 0.4) is 0 Å². The normalized spacial score (nSPS) is 11.9. The molecule has 0 saturated carbocycles. The van der Waals surface area contributed by atoms with Gasteiger partial charge < -0.3 is 20.5 Å². The number of hydrogen-bond donors (Lipinski definition) is 2. The molecule has 74 heavy (non-hydrogen) atoms. The second kappa shape index (κ2) is 25.0. The number of nitrogens with two attached hydrogens (primary N) is 2. The Balaban J connectivity index is 0.000000343. The molecule has 0 amide bonds. The first-order chi connectivity index (χ1) is 35.8. The third-order valence-electron chi connectivity index (χ3n) is 12.9. The summed E-state index contributed by atoms with van der Waals surface area (Å²) in [7, 11) is 2.07. The zero-order valence-corrected chi connectivity index (χ0v) is 47.7. The second-order valence-corrected chi connectivity index (χ2v) is 23.0. The first-order valence-electron chi connectivity index (χ1n) is 24.9. The van der Waals surface area contributed by atoms with Crippen LogP contribution < -0.4 is 41.7 Å². The van der Waals surface area contributed by atoms with Crippen molar-refractivity contribution in [2.45, 2.75) is 67.5 Å². The molecular formula is C66H64ClN2O2P2Ru. The van der Waals surface area contributed by atoms with Gasteiger partial charge in [-0.05, 0) is 149 Å². The van der Waals surface area contributed by atoms with Crippen LogP contribution in [-0.2, 0) is 17.3 Å². The van der Waals surface area contributed by atoms with E-state index in [4.69, 9.17) is 20.5 Å². The van der Waals surface area contributed by atoms with Crippen LogP contribution in [-0.4, -0.2) is 0 Å². The van der Waals surface area contributed by atoms with Crippen molar-refractivity contribution in [2.24, 2.45) is 11.5 Å². The summed E-state index contributed by atoms with van der Waals surface area (Å²) in [6.07, 6.45) is 0. The third-order valence-corrected chi connectivity index (χ3v) is 16.6. The van der Waals surface area contributed by atoms with E-state index < -0.39 is 16.3 Å². The maximum atomic E-state index is 7.56. The minimum absolute atomic E-state index is 0.163. The summed E-state index contributed by atoms with van der Waals surface area (Å²) in [4.78, 5) is 0. The fourth-order valence-electron chi connectivity index (χ4n) is 9.91. The Morgan fingerprint density at radius 3 is 0.878 bits per heavy atom. The van der Waals surface area contributed by atoms with Gasteiger partial charge in [0.05, 0.1) is 0 Å². The molecule has 0 aromatic heterocycles. The van der Waals surface area contributed by atoms with Crippen LogP contribution in [0.4, 0.5) is 0 Å². The van der Waals surface area contributed by atoms with E-state index in [1.165, 1.54) is 65.7 Å². The van der Waals surface area contributed by atoms with Gasteiger partial charge in [-0.1, -0.05) is 190 Å². The number of hydrogen-bond acceptors (Lipinski definition) is 4. The van der Waals surface area contributed by atoms with Crippen LogP contribution in [0, 0.1) is 55.4 Å². The molecule has 2 atom stereocenters. The van der Waals surface area contributed by atoms with Crippen LogP contribution >= 0.6 is 26.0 Å². The van der Waals surface area contributed by atoms with E-state index >= 15 is 0 Å². The van der Waals surface area contributed by atoms with Gasteiger partial charge in [-0.3, -0.25) is 0 Å². The second-order valence-electron chi connectivity index (χ2n) is 19.3. The van der Waals surface area contributed by atoms with Gasteiger partial charge in [-0.2, -0.15) is 0 Å². The summed E-state index contributed by atoms with van der Waals surface area (Å²) in [6, 6.07) is 73.0. The minimum atomic E-state index is -1.25. The van der Waals surface area contributed by atoms with Gasteiger partial charge in [-0.25, -0.2) is 0 Å². The number of benzene rings is 10. The van der Waals surface area contributed by atoms with Crippen molar-refractivity contribution < 1.29 is 26.4 Å². The quantitative estimate of drug-likeness (QED) is 0.0945. The van der Waals surface area contributed by atoms with Crippen molar-refractivity contribution in [3.8, 4) is 22.6 Å². The molecule has 0 unspecified atom stereocenters. The molecule has 0 bridgehead atoms. The van der Waals surface area contributed by atoms with E-state index in [1.807, 2.05) is 78.0 Å². The monoisotopic (exact) mass is 1120 g/mol. The van der Waals surface area contributed by atoms with E-state index in [-0.39, 0.29) is 12.1 Å². The first-order valence-corrected chi connectivity index (χ1v) is 29.6. The van der Waals surface area contributed by atoms with Crippen molar-refractivity contribution in [3.63, 3.8) is 0 Å². The predicted molar refractivity (Wildman–Crippen MR) is 317 cm³/mol. The van der Waals surface area contributed by atoms with Gasteiger partial charge in [0.2, 0.25) is 0 Å². The molecule has 0 aliphatic carbocycles. The number of fused-ring (bicyclic) bond motifs is 2. The average Bonchev–Trinajstić information content (AvgIpc) is 3.39. The van der Waals surface area contributed by atoms with Crippen molar-refractivity contribution in [2.75, 3.05) is 0 Å². The van der Waals surface area contributed by atoms with Crippen LogP contribution in [0.1, 0.15) is 67.7 Å². The van der Waals surface area contributed by atoms with Crippen molar-refractivity contribution in [1.29, 1.82) is 0 Å². The molecule has 0 aliphatic rings. The average molecular weight is 1120 g/mol. The number of rotatable bonds is 12. The summed E-state index contributed by atoms with van der Waals surface area (Å²) >= 11 is 1.82. The summed E-state index contributed by atoms with van der Waals surface area (Å²) < 4.78 is 15.1. The Morgan fingerprint density at radius 2 is 0.595 bits per heavy atom. The van der Waals surface area contributed by atoms with Gasteiger partial charge in [0, 0.05) is 44.4 Å². The molecule has 0 aliphatic heterocycles. The summed E-state index contributed by atoms with van der Waals surface area (Å²) in [5.74, 6) is 1.69. The predicted octanol–water partition coefficient (Wildman–Crippen LogP) is 16.1. The van der Waals surface area contributed by atoms with E-state index in [1.54, 1.807) is 0 Å². The molecule has 8 heteroatoms. The molecule has 4 N–H and O–H groups in total. The standard InChI is InChI=1S/C52H48O2P2.C14H16N2.ClH.Ru/c1-33-21-34(2)26-43(25-33)55(44-27-35(3)22-36(4)28-44)53-49-19-17-41-13-9-11-15-47(41)51(49)52-48-16-12-10-14-42(48)18-20-50(52)54-56(45-29-37(5)23-38(6)30-45)46-31-39(7)24-40(8)32-46;15-13(11-7-3-1-4-8-11)14(16)12-9-5-2-6-10-12;;/h9-32H,1-8H3;1-10,13-14H,15-16H2;1H;/q;;;+1/p-1/t;13-,14-;;/m.1../s1. The zero-order chi connectivity index (χ0) is 52.5. The van der Waals surface area contributed by atoms with Crippen molar-refractivity contribution >= 4 is 68.8 Å². The molecule has 0 radical (unpaired) electrons. The van der Waals surface area contributed by atoms with Crippen molar-refractivity contribution in [3.05, 3.63) is 262 Å². The van der Waals surface area contributed by atoms with Crippen molar-refractivity contribution in [1.82, 2.24) is 0 Å². The number of aryl methyl sites for hydroxylation is 8. The van der Waals surface area contributed by atoms with Gasteiger partial charge in [0.25, 0.3) is 0 Å². The molecule has 375 valence electrons. The molecule has 0 saturated heterocycles. The maximum absolute atomic E-state index is 7.56. The number of halogens is 1. The van der Waals surface area contributed by atoms with E-state index in [2.05, 4.69) is 211 Å². The summed E-state index contributed by atoms with van der Waals surface area (Å²) in [5.41, 5.74) is 26.4. The van der Waals surface area contributed by atoms with Crippen LogP contribution in [0.5, 0.6) is 11.5 Å². The topological polar surface area (TPSA) is 70.5 Å². The molecular weight excluding hydrogens is 1050 g/mol. The van der Waals surface area contributed by atoms with Gasteiger partial charge in [0.1, 0.15) is 11.5 Å². The fourth-order valence-corrected chi connectivity index (χ4v) is 14.2. The van der Waals surface area contributed by atoms with Crippen LogP contribution in [0.2, 0.25) is 0 Å². The molecule has 10 aromatic rings. The van der Waals surface area contributed by atoms with E-state index in [9.17, 15) is 0 Å². The van der Waals surface area contributed by atoms with Crippen LogP contribution in [0.25, 0.3) is 32.7 Å². The Labute approximate surface area is 455 Å². The zero-order valence-electron chi connectivity index (χ0n) is 43.4. The molecule has 0 spiro atoms. The summed E-state index contributed by atoms with van der Waals surface area (Å²) in [6.45, 7) is 17.4. The molecule has 10 rings (SSSR count). The van der Waals surface area contributed by atoms with Crippen LogP contribution in [0.15, 0.2) is 206 Å². The van der Waals surface area contributed by atoms with Gasteiger partial charge >= 0.3 is 27.0 Å². The Kier molecular flexibility index (Phi) is 18.4. The summed E-state index contributed by atoms with van der Waals surface area (Å²) in [5, 5.41) is 9.36. The van der Waals surface area contributed by atoms with E-state index in [0.717, 1.165) is 55.3 Å². The molecule has 4 nitrogen and oxygen atoms in total. The molecule has 0 heterocycles. The SMILES string of the molecule is Cc1cc(C)cc(P(Oc2ccc3ccccc3c2-c2c(OP(c3cc(C)cc(C)c3)c3cc(C)cc(C)c3)ccc3ccccc23)c2cc(C)cc(C)c2)c1.N[C@H](c1ccccc1)[C@H](N)c1ccccc1.[Cl][Ru]. The van der Waals surface area contributed by atoms with Gasteiger partial charge in [0.15, 0.2) is 16.3 Å². The Bertz CT molecular complexity index is 3120. The Hall–Kier alpha value is -5.99. The molecule has 0 fully saturated rings. The first kappa shape index (κ1) is 54.3. The van der Waals surface area contributed by atoms with Gasteiger partial charge in [-0.15, -0.1) is 0 Å². The Morgan fingerprint density at radius 1 is 0.338 bits per heavy atom. The van der Waals surface area contributed by atoms with E-state index in [0.29, 0.717) is 0 Å².